The second kappa shape index (κ2) is 9.00. The molecule has 2 heterocycles. The Morgan fingerprint density at radius 1 is 1.35 bits per heavy atom. The maximum atomic E-state index is 12.3. The average molecular weight is 339 g/mol. The number of rotatable bonds is 7. The Morgan fingerprint density at radius 3 is 2.70 bits per heavy atom. The number of nitrogens with one attached hydrogen (secondary N) is 2. The monoisotopic (exact) mass is 339 g/mol. The first-order valence-corrected chi connectivity index (χ1v) is 8.82. The van der Waals surface area contributed by atoms with Gasteiger partial charge in [0.15, 0.2) is 0 Å². The van der Waals surface area contributed by atoms with Crippen LogP contribution in [-0.4, -0.2) is 55.6 Å². The van der Waals surface area contributed by atoms with Crippen LogP contribution in [0.2, 0.25) is 0 Å². The number of thiophene rings is 1. The second-order valence-electron chi connectivity index (χ2n) is 5.85. The van der Waals surface area contributed by atoms with Crippen molar-refractivity contribution in [3.8, 4) is 0 Å². The predicted molar refractivity (Wildman–Crippen MR) is 90.4 cm³/mol. The van der Waals surface area contributed by atoms with Crippen molar-refractivity contribution in [2.45, 2.75) is 32.4 Å². The molecule has 0 aliphatic carbocycles. The van der Waals surface area contributed by atoms with Gasteiger partial charge in [0.2, 0.25) is 11.8 Å². The van der Waals surface area contributed by atoms with Gasteiger partial charge in [-0.05, 0) is 18.4 Å². The first kappa shape index (κ1) is 17.9. The van der Waals surface area contributed by atoms with E-state index in [9.17, 15) is 9.59 Å². The van der Waals surface area contributed by atoms with E-state index in [1.165, 1.54) is 6.92 Å². The third-order valence-corrected chi connectivity index (χ3v) is 4.68. The number of carbonyl (C=O) groups is 2. The predicted octanol–water partition coefficient (Wildman–Crippen LogP) is 1.15. The summed E-state index contributed by atoms with van der Waals surface area (Å²) >= 11 is 1.55. The van der Waals surface area contributed by atoms with Crippen LogP contribution in [0.3, 0.4) is 0 Å². The number of carbonyl (C=O) groups excluding carboxylic acids is 2. The van der Waals surface area contributed by atoms with Crippen LogP contribution in [0, 0.1) is 0 Å². The van der Waals surface area contributed by atoms with E-state index < -0.39 is 0 Å². The zero-order valence-electron chi connectivity index (χ0n) is 13.7. The van der Waals surface area contributed by atoms with Gasteiger partial charge < -0.3 is 15.4 Å². The van der Waals surface area contributed by atoms with Crippen molar-refractivity contribution < 1.29 is 14.3 Å². The van der Waals surface area contributed by atoms with E-state index in [2.05, 4.69) is 15.5 Å². The Kier molecular flexibility index (Phi) is 7.01. The molecular weight excluding hydrogens is 314 g/mol. The second-order valence-corrected chi connectivity index (χ2v) is 6.83. The quantitative estimate of drug-likeness (QED) is 0.782. The molecule has 128 valence electrons. The number of ether oxygens (including phenoxy) is 1. The molecule has 1 aromatic heterocycles. The van der Waals surface area contributed by atoms with Gasteiger partial charge in [-0.3, -0.25) is 14.5 Å². The van der Waals surface area contributed by atoms with Crippen LogP contribution in [0.5, 0.6) is 0 Å². The smallest absolute Gasteiger partial charge is 0.222 e. The lowest BCUT2D eigenvalue weighted by atomic mass is 10.1. The summed E-state index contributed by atoms with van der Waals surface area (Å²) in [5.74, 6) is -0.171. The van der Waals surface area contributed by atoms with E-state index in [0.29, 0.717) is 0 Å². The fourth-order valence-electron chi connectivity index (χ4n) is 2.69. The summed E-state index contributed by atoms with van der Waals surface area (Å²) in [6, 6.07) is 3.67. The molecule has 1 saturated heterocycles. The van der Waals surface area contributed by atoms with Crippen molar-refractivity contribution in [3.63, 3.8) is 0 Å². The highest BCUT2D eigenvalue weighted by Gasteiger charge is 2.20. The molecular formula is C16H25N3O3S. The molecule has 2 atom stereocenters. The number of hydrogen-bond acceptors (Lipinski definition) is 5. The summed E-state index contributed by atoms with van der Waals surface area (Å²) in [5, 5.41) is 7.82. The van der Waals surface area contributed by atoms with Crippen molar-refractivity contribution in [1.82, 2.24) is 15.5 Å². The third kappa shape index (κ3) is 6.29. The summed E-state index contributed by atoms with van der Waals surface area (Å²) in [4.78, 5) is 26.9. The SMILES string of the molecule is CC(=O)N[C@@H](CC(=O)N[C@@H](C)CN1CCOCC1)c1cccs1. The van der Waals surface area contributed by atoms with E-state index in [0.717, 1.165) is 37.7 Å². The number of morpholine rings is 1. The van der Waals surface area contributed by atoms with Gasteiger partial charge in [0, 0.05) is 37.5 Å². The molecule has 1 aliphatic rings. The van der Waals surface area contributed by atoms with Crippen molar-refractivity contribution in [3.05, 3.63) is 22.4 Å². The first-order valence-electron chi connectivity index (χ1n) is 7.94. The number of nitrogens with zero attached hydrogens (tertiary/aromatic N) is 1. The normalized spacial score (nSPS) is 18.2. The molecule has 0 radical (unpaired) electrons. The molecule has 1 aromatic rings. The lowest BCUT2D eigenvalue weighted by Gasteiger charge is -2.29. The minimum Gasteiger partial charge on any atom is -0.379 e. The Hall–Kier alpha value is -1.44. The van der Waals surface area contributed by atoms with Gasteiger partial charge in [0.1, 0.15) is 0 Å². The fraction of sp³-hybridized carbons (Fsp3) is 0.625. The molecule has 6 nitrogen and oxygen atoms in total. The molecule has 0 saturated carbocycles. The highest BCUT2D eigenvalue weighted by atomic mass is 32.1. The van der Waals surface area contributed by atoms with Crippen molar-refractivity contribution in [2.75, 3.05) is 32.8 Å². The van der Waals surface area contributed by atoms with Gasteiger partial charge in [-0.2, -0.15) is 0 Å². The van der Waals surface area contributed by atoms with Gasteiger partial charge in [-0.15, -0.1) is 11.3 Å². The summed E-state index contributed by atoms with van der Waals surface area (Å²) in [6.45, 7) is 7.62. The maximum Gasteiger partial charge on any atom is 0.222 e. The van der Waals surface area contributed by atoms with Crippen LogP contribution in [0.4, 0.5) is 0 Å². The minimum atomic E-state index is -0.261. The molecule has 0 bridgehead atoms. The van der Waals surface area contributed by atoms with Crippen LogP contribution in [-0.2, 0) is 14.3 Å². The molecule has 2 rings (SSSR count). The standard InChI is InChI=1S/C16H25N3O3S/c1-12(11-19-5-7-22-8-6-19)17-16(21)10-14(18-13(2)20)15-4-3-9-23-15/h3-4,9,12,14H,5-8,10-11H2,1-2H3,(H,17,21)(H,18,20)/t12-,14-/m0/s1. The molecule has 1 fully saturated rings. The first-order chi connectivity index (χ1) is 11.0. The Bertz CT molecular complexity index is 501. The van der Waals surface area contributed by atoms with Gasteiger partial charge in [0.05, 0.1) is 25.7 Å². The largest absolute Gasteiger partial charge is 0.379 e. The lowest BCUT2D eigenvalue weighted by Crippen LogP contribution is -2.46. The lowest BCUT2D eigenvalue weighted by molar-refractivity contribution is -0.123. The topological polar surface area (TPSA) is 70.7 Å². The van der Waals surface area contributed by atoms with E-state index in [-0.39, 0.29) is 30.3 Å². The van der Waals surface area contributed by atoms with Crippen LogP contribution in [0.15, 0.2) is 17.5 Å². The molecule has 23 heavy (non-hydrogen) atoms. The Labute approximate surface area is 141 Å². The third-order valence-electron chi connectivity index (χ3n) is 3.70. The van der Waals surface area contributed by atoms with Gasteiger partial charge in [-0.1, -0.05) is 6.07 Å². The molecule has 7 heteroatoms. The Balaban J connectivity index is 1.82. The highest BCUT2D eigenvalue weighted by Crippen LogP contribution is 2.22. The van der Waals surface area contributed by atoms with E-state index in [1.807, 2.05) is 24.4 Å². The molecule has 2 amide bonds. The van der Waals surface area contributed by atoms with Crippen LogP contribution in [0.1, 0.15) is 31.2 Å². The minimum absolute atomic E-state index is 0.0436. The van der Waals surface area contributed by atoms with Crippen LogP contribution in [0.25, 0.3) is 0 Å². The number of hydrogen-bond donors (Lipinski definition) is 2. The highest BCUT2D eigenvalue weighted by molar-refractivity contribution is 7.10. The zero-order valence-corrected chi connectivity index (χ0v) is 14.5. The average Bonchev–Trinajstić information content (AvgIpc) is 3.01. The van der Waals surface area contributed by atoms with Crippen molar-refractivity contribution >= 4 is 23.2 Å². The summed E-state index contributed by atoms with van der Waals surface area (Å²) in [6.07, 6.45) is 0.257. The van der Waals surface area contributed by atoms with Crippen LogP contribution >= 0.6 is 11.3 Å². The molecule has 0 unspecified atom stereocenters. The van der Waals surface area contributed by atoms with E-state index in [4.69, 9.17) is 4.74 Å². The van der Waals surface area contributed by atoms with Gasteiger partial charge in [0.25, 0.3) is 0 Å². The Morgan fingerprint density at radius 2 is 2.09 bits per heavy atom. The summed E-state index contributed by atoms with van der Waals surface area (Å²) in [5.41, 5.74) is 0. The molecule has 0 aromatic carbocycles. The molecule has 1 aliphatic heterocycles. The summed E-state index contributed by atoms with van der Waals surface area (Å²) < 4.78 is 5.33. The maximum absolute atomic E-state index is 12.3. The van der Waals surface area contributed by atoms with Crippen LogP contribution < -0.4 is 10.6 Å². The van der Waals surface area contributed by atoms with E-state index in [1.54, 1.807) is 11.3 Å². The molecule has 0 spiro atoms. The van der Waals surface area contributed by atoms with Gasteiger partial charge >= 0.3 is 0 Å². The van der Waals surface area contributed by atoms with Gasteiger partial charge in [-0.25, -0.2) is 0 Å². The fourth-order valence-corrected chi connectivity index (χ4v) is 3.47. The zero-order chi connectivity index (χ0) is 16.7. The number of amides is 2. The van der Waals surface area contributed by atoms with Crippen molar-refractivity contribution in [2.24, 2.45) is 0 Å². The summed E-state index contributed by atoms with van der Waals surface area (Å²) in [7, 11) is 0. The van der Waals surface area contributed by atoms with E-state index >= 15 is 0 Å². The van der Waals surface area contributed by atoms with Crippen molar-refractivity contribution in [1.29, 1.82) is 0 Å². The molecule has 2 N–H and O–H groups in total.